The van der Waals surface area contributed by atoms with Gasteiger partial charge in [-0.15, -0.1) is 0 Å². The van der Waals surface area contributed by atoms with Gasteiger partial charge in [0.1, 0.15) is 22.8 Å². The summed E-state index contributed by atoms with van der Waals surface area (Å²) in [6, 6.07) is 17.6. The maximum atomic E-state index is 12.4. The van der Waals surface area contributed by atoms with Crippen molar-refractivity contribution in [2.24, 2.45) is 0 Å². The Morgan fingerprint density at radius 2 is 1.76 bits per heavy atom. The van der Waals surface area contributed by atoms with Gasteiger partial charge in [-0.05, 0) is 48.5 Å². The molecule has 6 nitrogen and oxygen atoms in total. The highest BCUT2D eigenvalue weighted by atomic mass is 35.5. The van der Waals surface area contributed by atoms with E-state index < -0.39 is 5.97 Å². The first-order valence-electron chi connectivity index (χ1n) is 8.86. The molecule has 0 atom stereocenters. The summed E-state index contributed by atoms with van der Waals surface area (Å²) in [5.41, 5.74) is 1.17. The van der Waals surface area contributed by atoms with Crippen molar-refractivity contribution in [2.75, 3.05) is 20.8 Å². The van der Waals surface area contributed by atoms with Gasteiger partial charge >= 0.3 is 5.97 Å². The quantitative estimate of drug-likeness (QED) is 0.536. The fourth-order valence-corrected chi connectivity index (χ4v) is 2.80. The molecular formula is C22H20ClNO5. The molecule has 0 fully saturated rings. The summed E-state index contributed by atoms with van der Waals surface area (Å²) in [4.78, 5) is 25.7. The van der Waals surface area contributed by atoms with Crippen molar-refractivity contribution < 1.29 is 23.5 Å². The first kappa shape index (κ1) is 20.5. The predicted molar refractivity (Wildman–Crippen MR) is 109 cm³/mol. The lowest BCUT2D eigenvalue weighted by Crippen LogP contribution is -2.31. The van der Waals surface area contributed by atoms with E-state index in [2.05, 4.69) is 0 Å². The number of hydrogen-bond donors (Lipinski definition) is 0. The third-order valence-electron chi connectivity index (χ3n) is 4.25. The van der Waals surface area contributed by atoms with Gasteiger partial charge in [0.05, 0.1) is 13.7 Å². The van der Waals surface area contributed by atoms with Crippen LogP contribution in [-0.2, 0) is 16.1 Å². The zero-order valence-electron chi connectivity index (χ0n) is 16.1. The van der Waals surface area contributed by atoms with Crippen molar-refractivity contribution in [1.29, 1.82) is 0 Å². The highest BCUT2D eigenvalue weighted by Crippen LogP contribution is 2.24. The third-order valence-corrected chi connectivity index (χ3v) is 4.50. The summed E-state index contributed by atoms with van der Waals surface area (Å²) in [6.45, 7) is 0.0731. The van der Waals surface area contributed by atoms with Crippen LogP contribution in [0.2, 0.25) is 5.02 Å². The number of hydrogen-bond acceptors (Lipinski definition) is 5. The van der Waals surface area contributed by atoms with Crippen LogP contribution in [-0.4, -0.2) is 37.5 Å². The highest BCUT2D eigenvalue weighted by Gasteiger charge is 2.16. The van der Waals surface area contributed by atoms with E-state index in [1.165, 1.54) is 12.0 Å². The number of nitrogens with zero attached hydrogens (tertiary/aromatic N) is 1. The van der Waals surface area contributed by atoms with Crippen molar-refractivity contribution in [2.45, 2.75) is 6.54 Å². The summed E-state index contributed by atoms with van der Waals surface area (Å²) in [7, 11) is 2.95. The number of likely N-dealkylation sites (N-methyl/N-ethyl adjacent to an activating group) is 1. The Labute approximate surface area is 173 Å². The van der Waals surface area contributed by atoms with Crippen LogP contribution in [0.1, 0.15) is 16.1 Å². The number of carbonyl (C=O) groups excluding carboxylic acids is 2. The Balaban J connectivity index is 1.59. The smallest absolute Gasteiger partial charge is 0.341 e. The number of amides is 1. The molecule has 0 N–H and O–H groups in total. The van der Waals surface area contributed by atoms with E-state index >= 15 is 0 Å². The van der Waals surface area contributed by atoms with Crippen LogP contribution in [0.15, 0.2) is 65.1 Å². The van der Waals surface area contributed by atoms with E-state index in [1.807, 2.05) is 24.3 Å². The number of halogens is 1. The van der Waals surface area contributed by atoms with E-state index in [0.717, 1.165) is 5.56 Å². The topological polar surface area (TPSA) is 69.0 Å². The second kappa shape index (κ2) is 9.30. The van der Waals surface area contributed by atoms with E-state index in [1.54, 1.807) is 43.4 Å². The van der Waals surface area contributed by atoms with Gasteiger partial charge in [-0.2, -0.15) is 0 Å². The molecule has 0 unspecified atom stereocenters. The average molecular weight is 414 g/mol. The van der Waals surface area contributed by atoms with Gasteiger partial charge in [-0.3, -0.25) is 4.79 Å². The summed E-state index contributed by atoms with van der Waals surface area (Å²) in [5.74, 6) is 0.853. The molecule has 150 valence electrons. The van der Waals surface area contributed by atoms with E-state index in [-0.39, 0.29) is 24.6 Å². The fraction of sp³-hybridized carbons (Fsp3) is 0.182. The molecule has 0 aliphatic rings. The molecule has 0 radical (unpaired) electrons. The second-order valence-electron chi connectivity index (χ2n) is 6.30. The Morgan fingerprint density at radius 3 is 2.48 bits per heavy atom. The van der Waals surface area contributed by atoms with E-state index in [4.69, 9.17) is 25.5 Å². The molecule has 0 saturated heterocycles. The Hall–Kier alpha value is -3.25. The standard InChI is InChI=1S/C22H20ClNO5/c1-24(13-17-11-12-19(29-17)15-7-9-16(23)10-8-15)21(25)14-28-20-6-4-3-5-18(20)22(26)27-2/h3-12H,13-14H2,1-2H3. The molecule has 7 heteroatoms. The molecule has 0 spiro atoms. The number of esters is 1. The van der Waals surface area contributed by atoms with Gasteiger partial charge in [0.25, 0.3) is 5.91 Å². The Kier molecular flexibility index (Phi) is 6.57. The summed E-state index contributed by atoms with van der Waals surface area (Å²) >= 11 is 5.91. The molecule has 1 aromatic heterocycles. The number of ether oxygens (including phenoxy) is 2. The van der Waals surface area contributed by atoms with Gasteiger partial charge in [0.15, 0.2) is 6.61 Å². The average Bonchev–Trinajstić information content (AvgIpc) is 3.20. The molecule has 1 amide bonds. The maximum Gasteiger partial charge on any atom is 0.341 e. The molecule has 3 rings (SSSR count). The molecule has 1 heterocycles. The van der Waals surface area contributed by atoms with Crippen LogP contribution >= 0.6 is 11.6 Å². The van der Waals surface area contributed by atoms with Crippen LogP contribution < -0.4 is 4.74 Å². The number of methoxy groups -OCH3 is 1. The van der Waals surface area contributed by atoms with Crippen molar-refractivity contribution >= 4 is 23.5 Å². The largest absolute Gasteiger partial charge is 0.483 e. The van der Waals surface area contributed by atoms with E-state index in [0.29, 0.717) is 22.3 Å². The Morgan fingerprint density at radius 1 is 1.03 bits per heavy atom. The molecule has 0 aliphatic carbocycles. The first-order valence-corrected chi connectivity index (χ1v) is 9.24. The lowest BCUT2D eigenvalue weighted by Gasteiger charge is -2.17. The van der Waals surface area contributed by atoms with Gasteiger partial charge in [-0.25, -0.2) is 4.79 Å². The SMILES string of the molecule is COC(=O)c1ccccc1OCC(=O)N(C)Cc1ccc(-c2ccc(Cl)cc2)o1. The van der Waals surface area contributed by atoms with E-state index in [9.17, 15) is 9.59 Å². The monoisotopic (exact) mass is 413 g/mol. The lowest BCUT2D eigenvalue weighted by atomic mass is 10.2. The van der Waals surface area contributed by atoms with Crippen molar-refractivity contribution in [3.8, 4) is 17.1 Å². The van der Waals surface area contributed by atoms with Gasteiger partial charge in [0, 0.05) is 17.6 Å². The number of para-hydroxylation sites is 1. The Bertz CT molecular complexity index is 996. The van der Waals surface area contributed by atoms with Crippen LogP contribution in [0.5, 0.6) is 5.75 Å². The third kappa shape index (κ3) is 5.18. The second-order valence-corrected chi connectivity index (χ2v) is 6.74. The lowest BCUT2D eigenvalue weighted by molar-refractivity contribution is -0.132. The summed E-state index contributed by atoms with van der Waals surface area (Å²) in [6.07, 6.45) is 0. The number of furan rings is 1. The van der Waals surface area contributed by atoms with Crippen molar-refractivity contribution in [3.05, 3.63) is 77.0 Å². The zero-order valence-corrected chi connectivity index (χ0v) is 16.8. The molecule has 3 aromatic rings. The van der Waals surface area contributed by atoms with Crippen LogP contribution in [0.3, 0.4) is 0 Å². The minimum Gasteiger partial charge on any atom is -0.483 e. The van der Waals surface area contributed by atoms with Gasteiger partial charge < -0.3 is 18.8 Å². The van der Waals surface area contributed by atoms with Crippen molar-refractivity contribution in [3.63, 3.8) is 0 Å². The maximum absolute atomic E-state index is 12.4. The summed E-state index contributed by atoms with van der Waals surface area (Å²) < 4.78 is 16.1. The fourth-order valence-electron chi connectivity index (χ4n) is 2.67. The molecule has 2 aromatic carbocycles. The molecule has 0 bridgehead atoms. The molecule has 29 heavy (non-hydrogen) atoms. The molecular weight excluding hydrogens is 394 g/mol. The predicted octanol–water partition coefficient (Wildman–Crippen LogP) is 4.42. The molecule has 0 saturated carbocycles. The minimum absolute atomic E-state index is 0.213. The van der Waals surface area contributed by atoms with Crippen molar-refractivity contribution in [1.82, 2.24) is 4.90 Å². The normalized spacial score (nSPS) is 10.4. The van der Waals surface area contributed by atoms with Gasteiger partial charge in [0.2, 0.25) is 0 Å². The molecule has 0 aliphatic heterocycles. The van der Waals surface area contributed by atoms with Crippen LogP contribution in [0.4, 0.5) is 0 Å². The number of rotatable bonds is 7. The minimum atomic E-state index is -0.522. The number of carbonyl (C=O) groups is 2. The zero-order chi connectivity index (χ0) is 20.8. The first-order chi connectivity index (χ1) is 14.0. The summed E-state index contributed by atoms with van der Waals surface area (Å²) in [5, 5.41) is 0.652. The number of benzene rings is 2. The van der Waals surface area contributed by atoms with Gasteiger partial charge in [-0.1, -0.05) is 23.7 Å². The van der Waals surface area contributed by atoms with Crippen LogP contribution in [0.25, 0.3) is 11.3 Å². The highest BCUT2D eigenvalue weighted by molar-refractivity contribution is 6.30. The van der Waals surface area contributed by atoms with Crippen LogP contribution in [0, 0.1) is 0 Å².